The Hall–Kier alpha value is -1.62. The zero-order chi connectivity index (χ0) is 13.4. The molecule has 1 N–H and O–H groups in total. The summed E-state index contributed by atoms with van der Waals surface area (Å²) in [4.78, 5) is 14.3. The Morgan fingerprint density at radius 1 is 1.42 bits per heavy atom. The van der Waals surface area contributed by atoms with Crippen LogP contribution in [-0.2, 0) is 11.8 Å². The summed E-state index contributed by atoms with van der Waals surface area (Å²) in [6.45, 7) is 0. The Kier molecular flexibility index (Phi) is 3.14. The Morgan fingerprint density at radius 3 is 2.68 bits per heavy atom. The average molecular weight is 261 g/mol. The Labute approximate surface area is 112 Å². The SMILES string of the molecule is Cn1nccc1C=CC(=O)N1C2CCC1CC(O)C2. The van der Waals surface area contributed by atoms with Crippen LogP contribution in [0.1, 0.15) is 31.4 Å². The topological polar surface area (TPSA) is 58.4 Å². The molecule has 2 saturated heterocycles. The second kappa shape index (κ2) is 4.81. The van der Waals surface area contributed by atoms with Gasteiger partial charge in [0.15, 0.2) is 0 Å². The third kappa shape index (κ3) is 2.30. The van der Waals surface area contributed by atoms with Gasteiger partial charge in [-0.05, 0) is 37.8 Å². The van der Waals surface area contributed by atoms with Crippen molar-refractivity contribution in [2.45, 2.75) is 43.9 Å². The summed E-state index contributed by atoms with van der Waals surface area (Å²) in [5, 5.41) is 13.8. The number of rotatable bonds is 2. The first-order chi connectivity index (χ1) is 9.15. The van der Waals surface area contributed by atoms with Crippen molar-refractivity contribution in [3.63, 3.8) is 0 Å². The van der Waals surface area contributed by atoms with Gasteiger partial charge in [-0.3, -0.25) is 9.48 Å². The van der Waals surface area contributed by atoms with Crippen molar-refractivity contribution in [3.05, 3.63) is 24.0 Å². The maximum absolute atomic E-state index is 12.3. The molecule has 2 aliphatic rings. The molecule has 0 saturated carbocycles. The minimum Gasteiger partial charge on any atom is -0.393 e. The van der Waals surface area contributed by atoms with E-state index in [0.717, 1.165) is 31.4 Å². The summed E-state index contributed by atoms with van der Waals surface area (Å²) in [7, 11) is 1.85. The highest BCUT2D eigenvalue weighted by Crippen LogP contribution is 2.35. The molecular weight excluding hydrogens is 242 g/mol. The van der Waals surface area contributed by atoms with Crippen LogP contribution in [0.25, 0.3) is 6.08 Å². The van der Waals surface area contributed by atoms with Crippen LogP contribution in [0.3, 0.4) is 0 Å². The van der Waals surface area contributed by atoms with Gasteiger partial charge in [0, 0.05) is 31.4 Å². The van der Waals surface area contributed by atoms with Crippen LogP contribution in [0.2, 0.25) is 0 Å². The number of carbonyl (C=O) groups is 1. The summed E-state index contributed by atoms with van der Waals surface area (Å²) < 4.78 is 1.73. The number of amides is 1. The van der Waals surface area contributed by atoms with Crippen LogP contribution >= 0.6 is 0 Å². The summed E-state index contributed by atoms with van der Waals surface area (Å²) in [6, 6.07) is 2.31. The third-order valence-electron chi connectivity index (χ3n) is 4.22. The smallest absolute Gasteiger partial charge is 0.247 e. The molecule has 19 heavy (non-hydrogen) atoms. The molecule has 0 aromatic carbocycles. The lowest BCUT2D eigenvalue weighted by Crippen LogP contribution is -2.47. The molecule has 0 aliphatic carbocycles. The Bertz CT molecular complexity index is 495. The van der Waals surface area contributed by atoms with E-state index in [4.69, 9.17) is 0 Å². The lowest BCUT2D eigenvalue weighted by Gasteiger charge is -2.36. The fourth-order valence-electron chi connectivity index (χ4n) is 3.30. The van der Waals surface area contributed by atoms with Crippen molar-refractivity contribution in [2.24, 2.45) is 7.05 Å². The van der Waals surface area contributed by atoms with Gasteiger partial charge in [-0.15, -0.1) is 0 Å². The fraction of sp³-hybridized carbons (Fsp3) is 0.571. The van der Waals surface area contributed by atoms with E-state index in [-0.39, 0.29) is 24.1 Å². The van der Waals surface area contributed by atoms with Gasteiger partial charge in [-0.25, -0.2) is 0 Å². The van der Waals surface area contributed by atoms with Crippen molar-refractivity contribution < 1.29 is 9.90 Å². The number of aliphatic hydroxyl groups excluding tert-OH is 1. The third-order valence-corrected chi connectivity index (χ3v) is 4.22. The summed E-state index contributed by atoms with van der Waals surface area (Å²) in [5.74, 6) is 0.0561. The zero-order valence-corrected chi connectivity index (χ0v) is 11.1. The maximum atomic E-state index is 12.3. The van der Waals surface area contributed by atoms with E-state index in [0.29, 0.717) is 0 Å². The minimum absolute atomic E-state index is 0.0561. The van der Waals surface area contributed by atoms with Crippen molar-refractivity contribution in [1.82, 2.24) is 14.7 Å². The first-order valence-electron chi connectivity index (χ1n) is 6.81. The molecule has 2 bridgehead atoms. The fourth-order valence-corrected chi connectivity index (χ4v) is 3.30. The number of hydrogen-bond acceptors (Lipinski definition) is 3. The number of piperidine rings is 1. The highest BCUT2D eigenvalue weighted by molar-refractivity contribution is 5.92. The van der Waals surface area contributed by atoms with E-state index in [9.17, 15) is 9.90 Å². The zero-order valence-electron chi connectivity index (χ0n) is 11.1. The Morgan fingerprint density at radius 2 is 2.11 bits per heavy atom. The van der Waals surface area contributed by atoms with E-state index in [1.54, 1.807) is 23.0 Å². The van der Waals surface area contributed by atoms with E-state index in [2.05, 4.69) is 5.10 Å². The van der Waals surface area contributed by atoms with Gasteiger partial charge in [0.1, 0.15) is 0 Å². The van der Waals surface area contributed by atoms with Crippen molar-refractivity contribution >= 4 is 12.0 Å². The monoisotopic (exact) mass is 261 g/mol. The van der Waals surface area contributed by atoms with Crippen LogP contribution in [0, 0.1) is 0 Å². The quantitative estimate of drug-likeness (QED) is 0.806. The van der Waals surface area contributed by atoms with Crippen LogP contribution in [0.15, 0.2) is 18.3 Å². The molecule has 2 aliphatic heterocycles. The molecule has 102 valence electrons. The molecule has 5 heteroatoms. The lowest BCUT2D eigenvalue weighted by molar-refractivity contribution is -0.131. The second-order valence-corrected chi connectivity index (χ2v) is 5.47. The normalized spacial score (nSPS) is 30.2. The predicted octanol–water partition coefficient (Wildman–Crippen LogP) is 0.948. The molecule has 1 amide bonds. The van der Waals surface area contributed by atoms with Gasteiger partial charge in [0.2, 0.25) is 5.91 Å². The molecule has 1 aromatic heterocycles. The summed E-state index contributed by atoms with van der Waals surface area (Å²) in [5.41, 5.74) is 0.915. The number of hydrogen-bond donors (Lipinski definition) is 1. The first kappa shape index (κ1) is 12.4. The molecule has 3 rings (SSSR count). The number of aliphatic hydroxyl groups is 1. The number of nitrogens with zero attached hydrogens (tertiary/aromatic N) is 3. The molecule has 0 spiro atoms. The van der Waals surface area contributed by atoms with Gasteiger partial charge in [-0.1, -0.05) is 0 Å². The highest BCUT2D eigenvalue weighted by Gasteiger charge is 2.41. The van der Waals surface area contributed by atoms with Crippen molar-refractivity contribution in [3.8, 4) is 0 Å². The van der Waals surface area contributed by atoms with Crippen molar-refractivity contribution in [1.29, 1.82) is 0 Å². The molecule has 1 aromatic rings. The maximum Gasteiger partial charge on any atom is 0.247 e. The molecule has 2 unspecified atom stereocenters. The first-order valence-corrected chi connectivity index (χ1v) is 6.81. The molecule has 5 nitrogen and oxygen atoms in total. The van der Waals surface area contributed by atoms with E-state index >= 15 is 0 Å². The van der Waals surface area contributed by atoms with Crippen LogP contribution in [0.4, 0.5) is 0 Å². The van der Waals surface area contributed by atoms with Crippen LogP contribution in [0.5, 0.6) is 0 Å². The van der Waals surface area contributed by atoms with Crippen LogP contribution in [-0.4, -0.2) is 43.9 Å². The van der Waals surface area contributed by atoms with E-state index < -0.39 is 0 Å². The molecule has 2 fully saturated rings. The van der Waals surface area contributed by atoms with Gasteiger partial charge in [-0.2, -0.15) is 5.10 Å². The van der Waals surface area contributed by atoms with Crippen molar-refractivity contribution in [2.75, 3.05) is 0 Å². The second-order valence-electron chi connectivity index (χ2n) is 5.47. The number of carbonyl (C=O) groups excluding carboxylic acids is 1. The summed E-state index contributed by atoms with van der Waals surface area (Å²) >= 11 is 0. The van der Waals surface area contributed by atoms with Gasteiger partial charge < -0.3 is 10.0 Å². The number of aromatic nitrogens is 2. The molecule has 2 atom stereocenters. The van der Waals surface area contributed by atoms with Crippen LogP contribution < -0.4 is 0 Å². The molecule has 3 heterocycles. The van der Waals surface area contributed by atoms with Gasteiger partial charge in [0.25, 0.3) is 0 Å². The Balaban J connectivity index is 1.72. The standard InChI is InChI=1S/C14H19N3O2/c1-16-10(6-7-15-16)4-5-14(19)17-11-2-3-12(17)9-13(18)8-11/h4-7,11-13,18H,2-3,8-9H2,1H3. The molecular formula is C14H19N3O2. The minimum atomic E-state index is -0.234. The average Bonchev–Trinajstić information content (AvgIpc) is 2.89. The lowest BCUT2D eigenvalue weighted by atomic mass is 10.00. The highest BCUT2D eigenvalue weighted by atomic mass is 16.3. The largest absolute Gasteiger partial charge is 0.393 e. The predicted molar refractivity (Wildman–Crippen MR) is 71.1 cm³/mol. The summed E-state index contributed by atoms with van der Waals surface area (Å²) in [6.07, 6.45) is 8.40. The molecule has 0 radical (unpaired) electrons. The van der Waals surface area contributed by atoms with Gasteiger partial charge in [0.05, 0.1) is 11.8 Å². The van der Waals surface area contributed by atoms with Gasteiger partial charge >= 0.3 is 0 Å². The number of aryl methyl sites for hydroxylation is 1. The van der Waals surface area contributed by atoms with E-state index in [1.165, 1.54) is 0 Å². The number of fused-ring (bicyclic) bond motifs is 2. The van der Waals surface area contributed by atoms with E-state index in [1.807, 2.05) is 18.0 Å².